The number of nitrogens with two attached hydrogens (primary N) is 1. The van der Waals surface area contributed by atoms with Crippen LogP contribution in [0.1, 0.15) is 15.9 Å². The molecule has 0 atom stereocenters. The summed E-state index contributed by atoms with van der Waals surface area (Å²) in [4.78, 5) is 26.3. The summed E-state index contributed by atoms with van der Waals surface area (Å²) in [7, 11) is 3.87. The van der Waals surface area contributed by atoms with Crippen LogP contribution in [0.25, 0.3) is 6.08 Å². The largest absolute Gasteiger partial charge is 0.378 e. The van der Waals surface area contributed by atoms with Gasteiger partial charge in [-0.15, -0.1) is 0 Å². The van der Waals surface area contributed by atoms with Gasteiger partial charge in [0, 0.05) is 19.8 Å². The highest BCUT2D eigenvalue weighted by Crippen LogP contribution is 2.17. The molecule has 0 saturated carbocycles. The van der Waals surface area contributed by atoms with Crippen LogP contribution < -0.4 is 21.5 Å². The highest BCUT2D eigenvalue weighted by molar-refractivity contribution is 6.34. The van der Waals surface area contributed by atoms with Gasteiger partial charge >= 0.3 is 0 Å². The third-order valence-corrected chi connectivity index (χ3v) is 3.79. The van der Waals surface area contributed by atoms with Gasteiger partial charge in [0.25, 0.3) is 11.8 Å². The summed E-state index contributed by atoms with van der Waals surface area (Å²) < 4.78 is 0. The van der Waals surface area contributed by atoms with E-state index in [-0.39, 0.29) is 11.3 Å². The van der Waals surface area contributed by atoms with Crippen LogP contribution in [0, 0.1) is 0 Å². The first-order chi connectivity index (χ1) is 11.9. The van der Waals surface area contributed by atoms with E-state index in [2.05, 4.69) is 5.32 Å². The zero-order valence-electron chi connectivity index (χ0n) is 13.9. The molecule has 130 valence electrons. The van der Waals surface area contributed by atoms with Crippen molar-refractivity contribution in [1.82, 2.24) is 10.7 Å². The molecule has 25 heavy (non-hydrogen) atoms. The summed E-state index contributed by atoms with van der Waals surface area (Å²) in [5, 5.41) is 2.84. The lowest BCUT2D eigenvalue weighted by atomic mass is 10.1. The van der Waals surface area contributed by atoms with Gasteiger partial charge in [0.1, 0.15) is 5.70 Å². The van der Waals surface area contributed by atoms with Crippen molar-refractivity contribution < 1.29 is 9.59 Å². The number of hydrazine groups is 1. The van der Waals surface area contributed by atoms with Gasteiger partial charge in [0.05, 0.1) is 10.6 Å². The molecule has 0 saturated heterocycles. The normalized spacial score (nSPS) is 11.0. The van der Waals surface area contributed by atoms with Gasteiger partial charge in [-0.05, 0) is 35.9 Å². The van der Waals surface area contributed by atoms with E-state index in [1.54, 1.807) is 24.3 Å². The van der Waals surface area contributed by atoms with E-state index >= 15 is 0 Å². The van der Waals surface area contributed by atoms with Crippen LogP contribution in [-0.2, 0) is 4.79 Å². The second kappa shape index (κ2) is 8.32. The number of hydrogen-bond acceptors (Lipinski definition) is 4. The van der Waals surface area contributed by atoms with E-state index in [4.69, 9.17) is 17.4 Å². The van der Waals surface area contributed by atoms with Crippen molar-refractivity contribution >= 4 is 35.2 Å². The van der Waals surface area contributed by atoms with Crippen LogP contribution in [0.2, 0.25) is 5.02 Å². The molecule has 0 spiro atoms. The number of amides is 2. The molecular weight excluding hydrogens is 340 g/mol. The standard InChI is InChI=1S/C18H19ClN4O2/c1-23(2)13-9-7-12(8-10-13)11-16(18(25)22-20)21-17(24)14-5-3-4-6-15(14)19/h3-11H,20H2,1-2H3,(H,21,24)(H,22,25)/b16-11+. The maximum Gasteiger partial charge on any atom is 0.281 e. The first-order valence-corrected chi connectivity index (χ1v) is 7.86. The Morgan fingerprint density at radius 2 is 1.72 bits per heavy atom. The number of carbonyl (C=O) groups is 2. The summed E-state index contributed by atoms with van der Waals surface area (Å²) in [6.45, 7) is 0. The molecule has 0 fully saturated rings. The number of nitrogens with one attached hydrogen (secondary N) is 2. The van der Waals surface area contributed by atoms with Gasteiger partial charge in [-0.3, -0.25) is 15.0 Å². The smallest absolute Gasteiger partial charge is 0.281 e. The fourth-order valence-corrected chi connectivity index (χ4v) is 2.33. The summed E-state index contributed by atoms with van der Waals surface area (Å²) in [5.41, 5.74) is 4.06. The Kier molecular flexibility index (Phi) is 6.16. The van der Waals surface area contributed by atoms with Gasteiger partial charge in [0.2, 0.25) is 0 Å². The highest BCUT2D eigenvalue weighted by Gasteiger charge is 2.15. The van der Waals surface area contributed by atoms with Crippen LogP contribution in [0.3, 0.4) is 0 Å². The molecule has 0 heterocycles. The van der Waals surface area contributed by atoms with Crippen molar-refractivity contribution in [2.45, 2.75) is 0 Å². The van der Waals surface area contributed by atoms with Crippen LogP contribution >= 0.6 is 11.6 Å². The molecular formula is C18H19ClN4O2. The molecule has 0 unspecified atom stereocenters. The number of carbonyl (C=O) groups excluding carboxylic acids is 2. The molecule has 0 aromatic heterocycles. The van der Waals surface area contributed by atoms with Gasteiger partial charge in [-0.1, -0.05) is 35.9 Å². The molecule has 6 nitrogen and oxygen atoms in total. The molecule has 7 heteroatoms. The van der Waals surface area contributed by atoms with E-state index in [0.29, 0.717) is 5.02 Å². The van der Waals surface area contributed by atoms with Crippen LogP contribution in [0.4, 0.5) is 5.69 Å². The first kappa shape index (κ1) is 18.5. The molecule has 4 N–H and O–H groups in total. The molecule has 2 aromatic carbocycles. The lowest BCUT2D eigenvalue weighted by molar-refractivity contribution is -0.117. The molecule has 2 aromatic rings. The lowest BCUT2D eigenvalue weighted by Crippen LogP contribution is -2.38. The van der Waals surface area contributed by atoms with Gasteiger partial charge in [0.15, 0.2) is 0 Å². The summed E-state index contributed by atoms with van der Waals surface area (Å²) >= 11 is 6.01. The summed E-state index contributed by atoms with van der Waals surface area (Å²) in [6.07, 6.45) is 1.54. The Bertz CT molecular complexity index is 801. The van der Waals surface area contributed by atoms with Crippen LogP contribution in [0.5, 0.6) is 0 Å². The number of anilines is 1. The van der Waals surface area contributed by atoms with Crippen molar-refractivity contribution in [1.29, 1.82) is 0 Å². The predicted molar refractivity (Wildman–Crippen MR) is 100.0 cm³/mol. The van der Waals surface area contributed by atoms with Crippen molar-refractivity contribution in [3.63, 3.8) is 0 Å². The quantitative estimate of drug-likeness (QED) is 0.331. The lowest BCUT2D eigenvalue weighted by Gasteiger charge is -2.13. The Morgan fingerprint density at radius 1 is 1.08 bits per heavy atom. The third kappa shape index (κ3) is 4.82. The second-order valence-electron chi connectivity index (χ2n) is 5.45. The fourth-order valence-electron chi connectivity index (χ4n) is 2.11. The summed E-state index contributed by atoms with van der Waals surface area (Å²) in [5.74, 6) is 4.10. The maximum absolute atomic E-state index is 12.4. The molecule has 0 bridgehead atoms. The summed E-state index contributed by atoms with van der Waals surface area (Å²) in [6, 6.07) is 14.0. The monoisotopic (exact) mass is 358 g/mol. The van der Waals surface area contributed by atoms with Crippen molar-refractivity contribution in [2.75, 3.05) is 19.0 Å². The average molecular weight is 359 g/mol. The SMILES string of the molecule is CN(C)c1ccc(/C=C(/NC(=O)c2ccccc2Cl)C(=O)NN)cc1. The van der Waals surface area contributed by atoms with Crippen LogP contribution in [-0.4, -0.2) is 25.9 Å². The average Bonchev–Trinajstić information content (AvgIpc) is 2.61. The minimum absolute atomic E-state index is 0.0185. The number of halogens is 1. The number of benzene rings is 2. The zero-order valence-corrected chi connectivity index (χ0v) is 14.7. The molecule has 0 aliphatic carbocycles. The van der Waals surface area contributed by atoms with Crippen molar-refractivity contribution in [3.05, 3.63) is 70.4 Å². The minimum Gasteiger partial charge on any atom is -0.378 e. The van der Waals surface area contributed by atoms with E-state index in [0.717, 1.165) is 11.3 Å². The maximum atomic E-state index is 12.4. The van der Waals surface area contributed by atoms with Gasteiger partial charge < -0.3 is 10.2 Å². The van der Waals surface area contributed by atoms with E-state index < -0.39 is 11.8 Å². The van der Waals surface area contributed by atoms with E-state index in [9.17, 15) is 9.59 Å². The van der Waals surface area contributed by atoms with Gasteiger partial charge in [-0.25, -0.2) is 5.84 Å². The van der Waals surface area contributed by atoms with Crippen molar-refractivity contribution in [2.24, 2.45) is 5.84 Å². The second-order valence-corrected chi connectivity index (χ2v) is 5.86. The number of rotatable bonds is 5. The Hall–Kier alpha value is -2.83. The molecule has 0 aliphatic heterocycles. The number of nitrogens with zero attached hydrogens (tertiary/aromatic N) is 1. The molecule has 0 radical (unpaired) electrons. The predicted octanol–water partition coefficient (Wildman–Crippen LogP) is 2.17. The number of hydrogen-bond donors (Lipinski definition) is 3. The Balaban J connectivity index is 2.28. The first-order valence-electron chi connectivity index (χ1n) is 7.48. The highest BCUT2D eigenvalue weighted by atomic mass is 35.5. The topological polar surface area (TPSA) is 87.5 Å². The molecule has 2 rings (SSSR count). The van der Waals surface area contributed by atoms with Crippen LogP contribution in [0.15, 0.2) is 54.2 Å². The van der Waals surface area contributed by atoms with E-state index in [1.165, 1.54) is 6.08 Å². The van der Waals surface area contributed by atoms with Crippen molar-refractivity contribution in [3.8, 4) is 0 Å². The minimum atomic E-state index is -0.614. The van der Waals surface area contributed by atoms with E-state index in [1.807, 2.05) is 48.7 Å². The third-order valence-electron chi connectivity index (χ3n) is 3.46. The Morgan fingerprint density at radius 3 is 2.28 bits per heavy atom. The fraction of sp³-hybridized carbons (Fsp3) is 0.111. The Labute approximate surface area is 151 Å². The molecule has 2 amide bonds. The van der Waals surface area contributed by atoms with Gasteiger partial charge in [-0.2, -0.15) is 0 Å². The zero-order chi connectivity index (χ0) is 18.4. The molecule has 0 aliphatic rings.